The summed E-state index contributed by atoms with van der Waals surface area (Å²) in [5.74, 6) is 0.712. The van der Waals surface area contributed by atoms with Crippen LogP contribution in [0, 0.1) is 5.41 Å². The van der Waals surface area contributed by atoms with Gasteiger partial charge in [0.25, 0.3) is 0 Å². The van der Waals surface area contributed by atoms with Crippen LogP contribution in [-0.4, -0.2) is 23.3 Å². The first-order valence-corrected chi connectivity index (χ1v) is 8.47. The Morgan fingerprint density at radius 1 is 1.05 bits per heavy atom. The maximum Gasteiger partial charge on any atom is 0.0772 e. The summed E-state index contributed by atoms with van der Waals surface area (Å²) < 4.78 is 0. The highest BCUT2D eigenvalue weighted by Gasteiger charge is 2.38. The molecule has 2 N–H and O–H groups in total. The molecule has 0 atom stereocenters. The van der Waals surface area contributed by atoms with E-state index in [0.717, 1.165) is 32.2 Å². The average Bonchev–Trinajstić information content (AvgIpc) is 2.42. The van der Waals surface area contributed by atoms with Crippen molar-refractivity contribution in [2.45, 2.75) is 69.9 Å². The van der Waals surface area contributed by atoms with E-state index in [2.05, 4.69) is 49.5 Å². The molecule has 3 rings (SSSR count). The van der Waals surface area contributed by atoms with Crippen LogP contribution in [0.1, 0.15) is 63.9 Å². The highest BCUT2D eigenvalue weighted by atomic mass is 16.3. The number of hydrogen-bond acceptors (Lipinski definition) is 2. The van der Waals surface area contributed by atoms with Crippen LogP contribution < -0.4 is 5.32 Å². The smallest absolute Gasteiger partial charge is 0.0772 e. The molecule has 0 saturated heterocycles. The zero-order valence-electron chi connectivity index (χ0n) is 13.4. The Balaban J connectivity index is 1.42. The fourth-order valence-corrected chi connectivity index (χ4v) is 3.69. The van der Waals surface area contributed by atoms with Gasteiger partial charge in [0.1, 0.15) is 0 Å². The third-order valence-electron chi connectivity index (χ3n) is 5.66. The Morgan fingerprint density at radius 3 is 2.29 bits per heavy atom. The molecule has 0 aromatic heterocycles. The van der Waals surface area contributed by atoms with Crippen LogP contribution >= 0.6 is 0 Å². The second kappa shape index (κ2) is 5.73. The van der Waals surface area contributed by atoms with Crippen LogP contribution in [0.5, 0.6) is 0 Å². The molecule has 116 valence electrons. The van der Waals surface area contributed by atoms with E-state index in [1.54, 1.807) is 0 Å². The van der Waals surface area contributed by atoms with Crippen molar-refractivity contribution in [2.75, 3.05) is 6.54 Å². The minimum absolute atomic E-state index is 0.418. The SMILES string of the molecule is CC1(C)CCC(O)(CNC2CC(c3ccccc3)C2)CC1. The van der Waals surface area contributed by atoms with Crippen LogP contribution in [0.25, 0.3) is 0 Å². The summed E-state index contributed by atoms with van der Waals surface area (Å²) in [5.41, 5.74) is 1.42. The Morgan fingerprint density at radius 2 is 1.67 bits per heavy atom. The van der Waals surface area contributed by atoms with E-state index >= 15 is 0 Å². The second-order valence-electron chi connectivity index (χ2n) is 8.05. The van der Waals surface area contributed by atoms with Gasteiger partial charge in [0, 0.05) is 12.6 Å². The second-order valence-corrected chi connectivity index (χ2v) is 8.05. The maximum absolute atomic E-state index is 10.7. The molecule has 2 aliphatic rings. The van der Waals surface area contributed by atoms with Crippen molar-refractivity contribution in [3.63, 3.8) is 0 Å². The van der Waals surface area contributed by atoms with Gasteiger partial charge in [-0.1, -0.05) is 44.2 Å². The molecule has 0 amide bonds. The summed E-state index contributed by atoms with van der Waals surface area (Å²) in [6.07, 6.45) is 6.60. The normalized spacial score (nSPS) is 30.6. The first-order valence-electron chi connectivity index (χ1n) is 8.47. The summed E-state index contributed by atoms with van der Waals surface area (Å²) >= 11 is 0. The molecule has 0 aliphatic heterocycles. The van der Waals surface area contributed by atoms with Gasteiger partial charge in [0.15, 0.2) is 0 Å². The molecule has 1 aromatic carbocycles. The minimum Gasteiger partial charge on any atom is -0.389 e. The van der Waals surface area contributed by atoms with E-state index in [-0.39, 0.29) is 0 Å². The molecule has 2 aliphatic carbocycles. The largest absolute Gasteiger partial charge is 0.389 e. The molecule has 0 spiro atoms. The Kier molecular flexibility index (Phi) is 4.11. The number of nitrogens with one attached hydrogen (secondary N) is 1. The first kappa shape index (κ1) is 15.1. The summed E-state index contributed by atoms with van der Waals surface area (Å²) in [5, 5.41) is 14.3. The molecular formula is C19H29NO. The van der Waals surface area contributed by atoms with Gasteiger partial charge in [-0.15, -0.1) is 0 Å². The van der Waals surface area contributed by atoms with Crippen molar-refractivity contribution in [1.82, 2.24) is 5.32 Å². The quantitative estimate of drug-likeness (QED) is 0.881. The summed E-state index contributed by atoms with van der Waals surface area (Å²) in [4.78, 5) is 0. The van der Waals surface area contributed by atoms with Crippen LogP contribution in [0.3, 0.4) is 0 Å². The predicted octanol–water partition coefficient (Wildman–Crippen LogP) is 3.85. The van der Waals surface area contributed by atoms with Crippen molar-refractivity contribution in [1.29, 1.82) is 0 Å². The number of rotatable bonds is 4. The number of benzene rings is 1. The average molecular weight is 287 g/mol. The van der Waals surface area contributed by atoms with Gasteiger partial charge >= 0.3 is 0 Å². The first-order chi connectivity index (χ1) is 9.96. The number of hydrogen-bond donors (Lipinski definition) is 2. The Hall–Kier alpha value is -0.860. The van der Waals surface area contributed by atoms with Gasteiger partial charge in [-0.3, -0.25) is 0 Å². The van der Waals surface area contributed by atoms with Crippen molar-refractivity contribution >= 4 is 0 Å². The Bertz CT molecular complexity index is 452. The molecule has 2 saturated carbocycles. The minimum atomic E-state index is -0.465. The Labute approximate surface area is 129 Å². The lowest BCUT2D eigenvalue weighted by Gasteiger charge is -2.43. The third kappa shape index (κ3) is 3.67. The molecule has 2 fully saturated rings. The lowest BCUT2D eigenvalue weighted by molar-refractivity contribution is -0.0281. The molecule has 2 nitrogen and oxygen atoms in total. The number of aliphatic hydroxyl groups is 1. The van der Waals surface area contributed by atoms with E-state index in [4.69, 9.17) is 0 Å². The van der Waals surface area contributed by atoms with Crippen molar-refractivity contribution in [3.8, 4) is 0 Å². The standard InChI is InChI=1S/C19H29NO/c1-18(2)8-10-19(21,11-9-18)14-20-17-12-16(13-17)15-6-4-3-5-7-15/h3-7,16-17,20-21H,8-14H2,1-2H3. The molecule has 0 bridgehead atoms. The van der Waals surface area contributed by atoms with Crippen LogP contribution in [0.2, 0.25) is 0 Å². The van der Waals surface area contributed by atoms with Crippen molar-refractivity contribution < 1.29 is 5.11 Å². The zero-order valence-corrected chi connectivity index (χ0v) is 13.4. The lowest BCUT2D eigenvalue weighted by Crippen LogP contribution is -2.50. The van der Waals surface area contributed by atoms with E-state index < -0.39 is 5.60 Å². The van der Waals surface area contributed by atoms with Gasteiger partial charge < -0.3 is 10.4 Å². The highest BCUT2D eigenvalue weighted by molar-refractivity contribution is 5.22. The van der Waals surface area contributed by atoms with Gasteiger partial charge in [0.2, 0.25) is 0 Å². The monoisotopic (exact) mass is 287 g/mol. The molecule has 0 heterocycles. The molecule has 2 heteroatoms. The fraction of sp³-hybridized carbons (Fsp3) is 0.684. The molecule has 1 aromatic rings. The van der Waals surface area contributed by atoms with E-state index in [1.807, 2.05) is 0 Å². The van der Waals surface area contributed by atoms with Gasteiger partial charge in [-0.2, -0.15) is 0 Å². The van der Waals surface area contributed by atoms with Crippen LogP contribution in [-0.2, 0) is 0 Å². The van der Waals surface area contributed by atoms with Gasteiger partial charge in [0.05, 0.1) is 5.60 Å². The summed E-state index contributed by atoms with van der Waals surface area (Å²) in [6, 6.07) is 11.4. The molecule has 21 heavy (non-hydrogen) atoms. The lowest BCUT2D eigenvalue weighted by atomic mass is 9.70. The van der Waals surface area contributed by atoms with Gasteiger partial charge in [-0.25, -0.2) is 0 Å². The van der Waals surface area contributed by atoms with E-state index in [0.29, 0.717) is 17.4 Å². The highest BCUT2D eigenvalue weighted by Crippen LogP contribution is 2.41. The zero-order chi connectivity index (χ0) is 14.9. The van der Waals surface area contributed by atoms with Crippen LogP contribution in [0.4, 0.5) is 0 Å². The third-order valence-corrected chi connectivity index (χ3v) is 5.66. The molecule has 0 unspecified atom stereocenters. The van der Waals surface area contributed by atoms with Gasteiger partial charge in [-0.05, 0) is 55.4 Å². The van der Waals surface area contributed by atoms with Crippen LogP contribution in [0.15, 0.2) is 30.3 Å². The summed E-state index contributed by atoms with van der Waals surface area (Å²) in [6.45, 7) is 5.40. The molecular weight excluding hydrogens is 258 g/mol. The van der Waals surface area contributed by atoms with E-state index in [9.17, 15) is 5.11 Å². The van der Waals surface area contributed by atoms with Crippen molar-refractivity contribution in [2.24, 2.45) is 5.41 Å². The fourth-order valence-electron chi connectivity index (χ4n) is 3.69. The topological polar surface area (TPSA) is 32.3 Å². The maximum atomic E-state index is 10.7. The predicted molar refractivity (Wildman–Crippen MR) is 87.4 cm³/mol. The van der Waals surface area contributed by atoms with E-state index in [1.165, 1.54) is 18.4 Å². The summed E-state index contributed by atoms with van der Waals surface area (Å²) in [7, 11) is 0. The van der Waals surface area contributed by atoms with Crippen molar-refractivity contribution in [3.05, 3.63) is 35.9 Å². The molecule has 0 radical (unpaired) electrons.